The standard InChI is InChI=1S/C9H11BrN2O4S/c1-2-8(9(13)14)12-17(15,16)7-3-6(10)4-11-5-7/h3-5,8,12H,2H2,1H3,(H,13,14)/t8-/m1/s1. The van der Waals surface area contributed by atoms with Crippen molar-refractivity contribution in [1.29, 1.82) is 0 Å². The third-order valence-corrected chi connectivity index (χ3v) is 3.87. The summed E-state index contributed by atoms with van der Waals surface area (Å²) in [5.74, 6) is -1.21. The predicted molar refractivity (Wildman–Crippen MR) is 64.0 cm³/mol. The minimum atomic E-state index is -3.86. The van der Waals surface area contributed by atoms with Gasteiger partial charge in [-0.05, 0) is 28.4 Å². The van der Waals surface area contributed by atoms with Crippen LogP contribution >= 0.6 is 15.9 Å². The van der Waals surface area contributed by atoms with Gasteiger partial charge >= 0.3 is 5.97 Å². The summed E-state index contributed by atoms with van der Waals surface area (Å²) in [5, 5.41) is 8.79. The molecule has 0 saturated carbocycles. The van der Waals surface area contributed by atoms with Crippen molar-refractivity contribution in [2.24, 2.45) is 0 Å². The first-order valence-corrected chi connectivity index (χ1v) is 7.00. The maximum absolute atomic E-state index is 11.8. The minimum Gasteiger partial charge on any atom is -0.480 e. The summed E-state index contributed by atoms with van der Waals surface area (Å²) in [4.78, 5) is 14.4. The quantitative estimate of drug-likeness (QED) is 0.842. The van der Waals surface area contributed by atoms with Crippen molar-refractivity contribution in [2.45, 2.75) is 24.3 Å². The Hall–Kier alpha value is -0.990. The lowest BCUT2D eigenvalue weighted by Crippen LogP contribution is -2.40. The Morgan fingerprint density at radius 3 is 2.71 bits per heavy atom. The van der Waals surface area contributed by atoms with Crippen LogP contribution in [0.3, 0.4) is 0 Å². The van der Waals surface area contributed by atoms with Gasteiger partial charge in [0, 0.05) is 16.9 Å². The summed E-state index contributed by atoms with van der Waals surface area (Å²) in [7, 11) is -3.86. The smallest absolute Gasteiger partial charge is 0.321 e. The molecule has 1 rings (SSSR count). The van der Waals surface area contributed by atoms with Gasteiger partial charge in [0.2, 0.25) is 10.0 Å². The van der Waals surface area contributed by atoms with Crippen LogP contribution in [0, 0.1) is 0 Å². The maximum Gasteiger partial charge on any atom is 0.321 e. The molecule has 0 bridgehead atoms. The molecule has 1 aromatic rings. The number of carboxylic acid groups (broad SMARTS) is 1. The summed E-state index contributed by atoms with van der Waals surface area (Å²) in [5.41, 5.74) is 0. The van der Waals surface area contributed by atoms with Crippen molar-refractivity contribution >= 4 is 31.9 Å². The first-order chi connectivity index (χ1) is 7.86. The van der Waals surface area contributed by atoms with E-state index in [1.807, 2.05) is 0 Å². The van der Waals surface area contributed by atoms with E-state index in [-0.39, 0.29) is 11.3 Å². The Bertz CT molecular complexity index is 517. The lowest BCUT2D eigenvalue weighted by molar-refractivity contribution is -0.139. The van der Waals surface area contributed by atoms with Gasteiger partial charge in [-0.25, -0.2) is 8.42 Å². The Morgan fingerprint density at radius 2 is 2.24 bits per heavy atom. The largest absolute Gasteiger partial charge is 0.480 e. The molecule has 0 aliphatic carbocycles. The van der Waals surface area contributed by atoms with Crippen LogP contribution < -0.4 is 4.72 Å². The molecule has 0 saturated heterocycles. The van der Waals surface area contributed by atoms with E-state index in [1.165, 1.54) is 12.3 Å². The molecule has 1 heterocycles. The van der Waals surface area contributed by atoms with Crippen LogP contribution in [0.4, 0.5) is 0 Å². The second-order valence-electron chi connectivity index (χ2n) is 3.26. The highest BCUT2D eigenvalue weighted by Crippen LogP contribution is 2.14. The average molecular weight is 323 g/mol. The Morgan fingerprint density at radius 1 is 1.59 bits per heavy atom. The van der Waals surface area contributed by atoms with E-state index >= 15 is 0 Å². The van der Waals surface area contributed by atoms with E-state index in [1.54, 1.807) is 6.92 Å². The van der Waals surface area contributed by atoms with Gasteiger partial charge in [0.1, 0.15) is 10.9 Å². The molecule has 2 N–H and O–H groups in total. The van der Waals surface area contributed by atoms with Gasteiger partial charge < -0.3 is 5.11 Å². The number of nitrogens with zero attached hydrogens (tertiary/aromatic N) is 1. The van der Waals surface area contributed by atoms with Gasteiger partial charge in [-0.2, -0.15) is 4.72 Å². The highest BCUT2D eigenvalue weighted by Gasteiger charge is 2.24. The summed E-state index contributed by atoms with van der Waals surface area (Å²) in [6.07, 6.45) is 2.76. The van der Waals surface area contributed by atoms with Gasteiger partial charge in [0.25, 0.3) is 0 Å². The maximum atomic E-state index is 11.8. The first kappa shape index (κ1) is 14.1. The summed E-state index contributed by atoms with van der Waals surface area (Å²) in [6, 6.07) is 0.211. The van der Waals surface area contributed by atoms with Gasteiger partial charge in [-0.3, -0.25) is 9.78 Å². The van der Waals surface area contributed by atoms with Gasteiger partial charge in [0.15, 0.2) is 0 Å². The van der Waals surface area contributed by atoms with Crippen LogP contribution in [-0.4, -0.2) is 30.5 Å². The van der Waals surface area contributed by atoms with Crippen LogP contribution in [0.25, 0.3) is 0 Å². The molecule has 0 aliphatic rings. The van der Waals surface area contributed by atoms with Crippen molar-refractivity contribution < 1.29 is 18.3 Å². The van der Waals surface area contributed by atoms with Gasteiger partial charge in [-0.15, -0.1) is 0 Å². The number of carbonyl (C=O) groups is 1. The molecule has 0 spiro atoms. The monoisotopic (exact) mass is 322 g/mol. The number of nitrogens with one attached hydrogen (secondary N) is 1. The molecular formula is C9H11BrN2O4S. The number of halogens is 1. The van der Waals surface area contributed by atoms with E-state index in [4.69, 9.17) is 5.11 Å². The van der Waals surface area contributed by atoms with Crippen LogP contribution in [0.2, 0.25) is 0 Å². The summed E-state index contributed by atoms with van der Waals surface area (Å²) >= 11 is 3.10. The van der Waals surface area contributed by atoms with Crippen LogP contribution in [0.1, 0.15) is 13.3 Å². The van der Waals surface area contributed by atoms with Crippen molar-refractivity contribution in [3.8, 4) is 0 Å². The highest BCUT2D eigenvalue weighted by molar-refractivity contribution is 9.10. The molecular weight excluding hydrogens is 312 g/mol. The SMILES string of the molecule is CC[C@@H](NS(=O)(=O)c1cncc(Br)c1)C(=O)O. The number of hydrogen-bond donors (Lipinski definition) is 2. The average Bonchev–Trinajstić information content (AvgIpc) is 2.25. The van der Waals surface area contributed by atoms with Gasteiger partial charge in [0.05, 0.1) is 0 Å². The number of carboxylic acids is 1. The molecule has 0 fully saturated rings. The fraction of sp³-hybridized carbons (Fsp3) is 0.333. The summed E-state index contributed by atoms with van der Waals surface area (Å²) in [6.45, 7) is 1.58. The Balaban J connectivity index is 3.00. The topological polar surface area (TPSA) is 96.4 Å². The third-order valence-electron chi connectivity index (χ3n) is 1.99. The predicted octanol–water partition coefficient (Wildman–Crippen LogP) is 0.986. The van der Waals surface area contributed by atoms with Crippen LogP contribution in [0.15, 0.2) is 27.8 Å². The Labute approximate surface area is 107 Å². The van der Waals surface area contributed by atoms with Gasteiger partial charge in [-0.1, -0.05) is 6.92 Å². The second-order valence-corrected chi connectivity index (χ2v) is 5.89. The zero-order chi connectivity index (χ0) is 13.1. The zero-order valence-electron chi connectivity index (χ0n) is 8.92. The molecule has 94 valence electrons. The normalized spacial score (nSPS) is 13.3. The molecule has 8 heteroatoms. The number of aromatic nitrogens is 1. The Kier molecular flexibility index (Phi) is 4.61. The number of hydrogen-bond acceptors (Lipinski definition) is 4. The lowest BCUT2D eigenvalue weighted by Gasteiger charge is -2.12. The number of sulfonamides is 1. The van der Waals surface area contributed by atoms with E-state index in [2.05, 4.69) is 25.6 Å². The van der Waals surface area contributed by atoms with Crippen LogP contribution in [-0.2, 0) is 14.8 Å². The van der Waals surface area contributed by atoms with E-state index in [0.717, 1.165) is 6.20 Å². The van der Waals surface area contributed by atoms with Crippen LogP contribution in [0.5, 0.6) is 0 Å². The van der Waals surface area contributed by atoms with Crippen molar-refractivity contribution in [2.75, 3.05) is 0 Å². The minimum absolute atomic E-state index is 0.0772. The third kappa shape index (κ3) is 3.76. The number of aliphatic carboxylic acids is 1. The number of pyridine rings is 1. The molecule has 1 aromatic heterocycles. The van der Waals surface area contributed by atoms with Crippen molar-refractivity contribution in [3.05, 3.63) is 22.9 Å². The highest BCUT2D eigenvalue weighted by atomic mass is 79.9. The fourth-order valence-electron chi connectivity index (χ4n) is 1.10. The first-order valence-electron chi connectivity index (χ1n) is 4.72. The lowest BCUT2D eigenvalue weighted by atomic mass is 10.2. The molecule has 0 radical (unpaired) electrons. The molecule has 6 nitrogen and oxygen atoms in total. The number of rotatable bonds is 5. The molecule has 17 heavy (non-hydrogen) atoms. The van der Waals surface area contributed by atoms with E-state index in [9.17, 15) is 13.2 Å². The zero-order valence-corrected chi connectivity index (χ0v) is 11.3. The van der Waals surface area contributed by atoms with Crippen molar-refractivity contribution in [3.63, 3.8) is 0 Å². The molecule has 0 aromatic carbocycles. The van der Waals surface area contributed by atoms with E-state index < -0.39 is 22.0 Å². The fourth-order valence-corrected chi connectivity index (χ4v) is 2.88. The molecule has 0 aliphatic heterocycles. The van der Waals surface area contributed by atoms with Crippen molar-refractivity contribution in [1.82, 2.24) is 9.71 Å². The van der Waals surface area contributed by atoms with E-state index in [0.29, 0.717) is 4.47 Å². The second kappa shape index (κ2) is 5.56. The molecule has 0 amide bonds. The summed E-state index contributed by atoms with van der Waals surface area (Å²) < 4.78 is 26.2. The molecule has 0 unspecified atom stereocenters. The molecule has 1 atom stereocenters.